The highest BCUT2D eigenvalue weighted by molar-refractivity contribution is 6.30. The average molecular weight is 287 g/mol. The van der Waals surface area contributed by atoms with E-state index in [1.807, 2.05) is 0 Å². The molecule has 1 unspecified atom stereocenters. The van der Waals surface area contributed by atoms with Gasteiger partial charge in [0.1, 0.15) is 6.04 Å². The van der Waals surface area contributed by atoms with Gasteiger partial charge in [0.2, 0.25) is 0 Å². The molecule has 1 rings (SSSR count). The Balaban J connectivity index is 2.85. The molecule has 0 aliphatic heterocycles. The first kappa shape index (κ1) is 15.3. The first-order valence-electron chi connectivity index (χ1n) is 5.49. The lowest BCUT2D eigenvalue weighted by atomic mass is 10.1. The van der Waals surface area contributed by atoms with E-state index in [1.54, 1.807) is 24.3 Å². The molecule has 1 aromatic carbocycles. The van der Waals surface area contributed by atoms with E-state index in [-0.39, 0.29) is 6.42 Å². The molecular weight excluding hydrogens is 272 g/mol. The van der Waals surface area contributed by atoms with Crippen molar-refractivity contribution in [1.29, 1.82) is 0 Å². The van der Waals surface area contributed by atoms with E-state index in [1.165, 1.54) is 14.2 Å². The molecule has 7 heteroatoms. The molecule has 104 valence electrons. The SMILES string of the molecule is CON(C)C(=O)C(Cc1cccc(Cl)c1)NC(=O)O. The Labute approximate surface area is 115 Å². The van der Waals surface area contributed by atoms with Crippen LogP contribution in [0.4, 0.5) is 4.79 Å². The summed E-state index contributed by atoms with van der Waals surface area (Å²) in [4.78, 5) is 27.4. The molecule has 0 spiro atoms. The number of carbonyl (C=O) groups is 2. The van der Waals surface area contributed by atoms with Crippen molar-refractivity contribution in [1.82, 2.24) is 10.4 Å². The van der Waals surface area contributed by atoms with Gasteiger partial charge in [0.25, 0.3) is 5.91 Å². The summed E-state index contributed by atoms with van der Waals surface area (Å²) in [5, 5.41) is 12.4. The lowest BCUT2D eigenvalue weighted by Crippen LogP contribution is -2.47. The summed E-state index contributed by atoms with van der Waals surface area (Å²) in [6, 6.07) is 5.95. The zero-order chi connectivity index (χ0) is 14.4. The summed E-state index contributed by atoms with van der Waals surface area (Å²) in [7, 11) is 2.74. The van der Waals surface area contributed by atoms with Crippen LogP contribution < -0.4 is 5.32 Å². The van der Waals surface area contributed by atoms with Crippen molar-refractivity contribution < 1.29 is 19.5 Å². The molecule has 0 fully saturated rings. The molecule has 2 N–H and O–H groups in total. The van der Waals surface area contributed by atoms with Crippen LogP contribution in [0.5, 0.6) is 0 Å². The molecule has 0 heterocycles. The van der Waals surface area contributed by atoms with Gasteiger partial charge in [-0.25, -0.2) is 9.86 Å². The molecule has 6 nitrogen and oxygen atoms in total. The fourth-order valence-electron chi connectivity index (χ4n) is 1.56. The zero-order valence-corrected chi connectivity index (χ0v) is 11.3. The van der Waals surface area contributed by atoms with Gasteiger partial charge in [-0.15, -0.1) is 0 Å². The smallest absolute Gasteiger partial charge is 0.405 e. The highest BCUT2D eigenvalue weighted by Crippen LogP contribution is 2.13. The van der Waals surface area contributed by atoms with Crippen molar-refractivity contribution >= 4 is 23.6 Å². The summed E-state index contributed by atoms with van der Waals surface area (Å²) >= 11 is 5.85. The number of halogens is 1. The largest absolute Gasteiger partial charge is 0.465 e. The lowest BCUT2D eigenvalue weighted by Gasteiger charge is -2.21. The van der Waals surface area contributed by atoms with Crippen LogP contribution in [-0.4, -0.2) is 42.4 Å². The third-order valence-electron chi connectivity index (χ3n) is 2.51. The lowest BCUT2D eigenvalue weighted by molar-refractivity contribution is -0.170. The van der Waals surface area contributed by atoms with E-state index in [2.05, 4.69) is 5.32 Å². The normalized spacial score (nSPS) is 11.7. The maximum Gasteiger partial charge on any atom is 0.405 e. The van der Waals surface area contributed by atoms with Gasteiger partial charge in [0, 0.05) is 18.5 Å². The molecular formula is C12H15ClN2O4. The summed E-state index contributed by atoms with van der Waals surface area (Å²) < 4.78 is 0. The van der Waals surface area contributed by atoms with Crippen molar-refractivity contribution in [3.05, 3.63) is 34.9 Å². The summed E-state index contributed by atoms with van der Waals surface area (Å²) in [5.74, 6) is -0.482. The topological polar surface area (TPSA) is 78.9 Å². The number of rotatable bonds is 5. The van der Waals surface area contributed by atoms with Crippen LogP contribution in [0.3, 0.4) is 0 Å². The van der Waals surface area contributed by atoms with E-state index in [4.69, 9.17) is 21.5 Å². The number of nitrogens with one attached hydrogen (secondary N) is 1. The third-order valence-corrected chi connectivity index (χ3v) is 2.74. The molecule has 0 aliphatic rings. The van der Waals surface area contributed by atoms with E-state index in [9.17, 15) is 9.59 Å². The number of nitrogens with zero attached hydrogens (tertiary/aromatic N) is 1. The predicted molar refractivity (Wildman–Crippen MR) is 69.9 cm³/mol. The second-order valence-corrected chi connectivity index (χ2v) is 4.29. The predicted octanol–water partition coefficient (Wildman–Crippen LogP) is 1.54. The average Bonchev–Trinajstić information content (AvgIpc) is 2.35. The quantitative estimate of drug-likeness (QED) is 0.805. The fraction of sp³-hybridized carbons (Fsp3) is 0.333. The summed E-state index contributed by atoms with van der Waals surface area (Å²) in [5.41, 5.74) is 0.754. The highest BCUT2D eigenvalue weighted by Gasteiger charge is 2.24. The molecule has 1 atom stereocenters. The number of hydrogen-bond acceptors (Lipinski definition) is 3. The Morgan fingerprint density at radius 2 is 2.21 bits per heavy atom. The summed E-state index contributed by atoms with van der Waals surface area (Å²) in [6.07, 6.45) is -1.08. The van der Waals surface area contributed by atoms with Gasteiger partial charge < -0.3 is 10.4 Å². The van der Waals surface area contributed by atoms with E-state index >= 15 is 0 Å². The molecule has 0 bridgehead atoms. The Hall–Kier alpha value is -1.79. The summed E-state index contributed by atoms with van der Waals surface area (Å²) in [6.45, 7) is 0. The van der Waals surface area contributed by atoms with Gasteiger partial charge in [0.15, 0.2) is 0 Å². The molecule has 0 saturated heterocycles. The van der Waals surface area contributed by atoms with Crippen molar-refractivity contribution in [3.63, 3.8) is 0 Å². The standard InChI is InChI=1S/C12H15ClN2O4/c1-15(19-2)11(16)10(14-12(17)18)7-8-4-3-5-9(13)6-8/h3-6,10,14H,7H2,1-2H3,(H,17,18). The van der Waals surface area contributed by atoms with E-state index in [0.717, 1.165) is 10.6 Å². The maximum absolute atomic E-state index is 11.9. The minimum Gasteiger partial charge on any atom is -0.465 e. The van der Waals surface area contributed by atoms with Gasteiger partial charge in [-0.05, 0) is 17.7 Å². The minimum absolute atomic E-state index is 0.194. The maximum atomic E-state index is 11.9. The number of carboxylic acid groups (broad SMARTS) is 1. The Kier molecular flexibility index (Phi) is 5.59. The van der Waals surface area contributed by atoms with Gasteiger partial charge >= 0.3 is 6.09 Å². The van der Waals surface area contributed by atoms with Crippen LogP contribution in [0.15, 0.2) is 24.3 Å². The number of carbonyl (C=O) groups excluding carboxylic acids is 1. The Morgan fingerprint density at radius 1 is 1.53 bits per heavy atom. The van der Waals surface area contributed by atoms with Crippen LogP contribution >= 0.6 is 11.6 Å². The van der Waals surface area contributed by atoms with Gasteiger partial charge in [-0.2, -0.15) is 0 Å². The van der Waals surface area contributed by atoms with E-state index in [0.29, 0.717) is 5.02 Å². The first-order valence-corrected chi connectivity index (χ1v) is 5.87. The van der Waals surface area contributed by atoms with Crippen molar-refractivity contribution in [2.24, 2.45) is 0 Å². The van der Waals surface area contributed by atoms with Crippen LogP contribution in [0.1, 0.15) is 5.56 Å². The van der Waals surface area contributed by atoms with Crippen molar-refractivity contribution in [2.45, 2.75) is 12.5 Å². The number of amides is 2. The molecule has 19 heavy (non-hydrogen) atoms. The van der Waals surface area contributed by atoms with Gasteiger partial charge in [-0.3, -0.25) is 9.63 Å². The van der Waals surface area contributed by atoms with Crippen molar-refractivity contribution in [2.75, 3.05) is 14.2 Å². The number of hydrogen-bond donors (Lipinski definition) is 2. The molecule has 1 aromatic rings. The number of hydroxylamine groups is 2. The number of likely N-dealkylation sites (N-methyl/N-ethyl adjacent to an activating group) is 1. The Morgan fingerprint density at radius 3 is 2.74 bits per heavy atom. The molecule has 0 saturated carbocycles. The first-order chi connectivity index (χ1) is 8.93. The van der Waals surface area contributed by atoms with Gasteiger partial charge in [0.05, 0.1) is 7.11 Å². The van der Waals surface area contributed by atoms with Crippen LogP contribution in [0, 0.1) is 0 Å². The molecule has 2 amide bonds. The fourth-order valence-corrected chi connectivity index (χ4v) is 1.77. The van der Waals surface area contributed by atoms with E-state index < -0.39 is 18.0 Å². The zero-order valence-electron chi connectivity index (χ0n) is 10.6. The van der Waals surface area contributed by atoms with Crippen LogP contribution in [0.25, 0.3) is 0 Å². The second-order valence-electron chi connectivity index (χ2n) is 3.85. The van der Waals surface area contributed by atoms with Crippen LogP contribution in [0.2, 0.25) is 5.02 Å². The molecule has 0 aromatic heterocycles. The second kappa shape index (κ2) is 6.96. The monoisotopic (exact) mass is 286 g/mol. The van der Waals surface area contributed by atoms with Gasteiger partial charge in [-0.1, -0.05) is 23.7 Å². The number of benzene rings is 1. The molecule has 0 aliphatic carbocycles. The van der Waals surface area contributed by atoms with Crippen molar-refractivity contribution in [3.8, 4) is 0 Å². The third kappa shape index (κ3) is 4.76. The highest BCUT2D eigenvalue weighted by atomic mass is 35.5. The minimum atomic E-state index is -1.27. The van der Waals surface area contributed by atoms with Crippen LogP contribution in [-0.2, 0) is 16.1 Å². The Bertz CT molecular complexity index is 467. The molecule has 0 radical (unpaired) electrons.